The van der Waals surface area contributed by atoms with Crippen molar-refractivity contribution in [2.45, 2.75) is 13.0 Å². The molecule has 1 aliphatic rings. The molecular formula is C7H8N2OS. The highest BCUT2D eigenvalue weighted by molar-refractivity contribution is 7.09. The Morgan fingerprint density at radius 3 is 3.00 bits per heavy atom. The van der Waals surface area contributed by atoms with E-state index in [-0.39, 0.29) is 11.9 Å². The number of rotatable bonds is 0. The molecule has 58 valence electrons. The second kappa shape index (κ2) is 2.23. The second-order valence-electron chi connectivity index (χ2n) is 2.55. The molecule has 0 saturated carbocycles. The van der Waals surface area contributed by atoms with Crippen molar-refractivity contribution < 1.29 is 4.79 Å². The molecule has 0 bridgehead atoms. The first-order valence-electron chi connectivity index (χ1n) is 3.41. The predicted molar refractivity (Wildman–Crippen MR) is 46.0 cm³/mol. The Labute approximate surface area is 68.4 Å². The zero-order valence-electron chi connectivity index (χ0n) is 6.05. The Hall–Kier alpha value is -1.03. The summed E-state index contributed by atoms with van der Waals surface area (Å²) in [6.45, 7) is 1.84. The van der Waals surface area contributed by atoms with Crippen molar-refractivity contribution in [1.29, 1.82) is 0 Å². The average Bonchev–Trinajstić information content (AvgIpc) is 2.36. The molecule has 2 N–H and O–H groups in total. The maximum absolute atomic E-state index is 11.1. The minimum atomic E-state index is -0.114. The molecule has 1 amide bonds. The minimum absolute atomic E-state index is 0.0379. The molecule has 1 unspecified atom stereocenters. The van der Waals surface area contributed by atoms with Crippen molar-refractivity contribution >= 4 is 28.6 Å². The van der Waals surface area contributed by atoms with Crippen LogP contribution in [0.2, 0.25) is 0 Å². The monoisotopic (exact) mass is 168 g/mol. The van der Waals surface area contributed by atoms with E-state index < -0.39 is 0 Å². The van der Waals surface area contributed by atoms with Gasteiger partial charge in [-0.15, -0.1) is 11.3 Å². The Morgan fingerprint density at radius 1 is 1.45 bits per heavy atom. The lowest BCUT2D eigenvalue weighted by Crippen LogP contribution is -2.35. The van der Waals surface area contributed by atoms with E-state index in [4.69, 9.17) is 0 Å². The standard InChI is InChI=1S/C7H8N2OS/c1-4-7(10)9-6-3-11-2-5(6)8-4/h2-4,8H,1H3,(H,9,10). The van der Waals surface area contributed by atoms with Gasteiger partial charge in [0.1, 0.15) is 6.04 Å². The van der Waals surface area contributed by atoms with Crippen molar-refractivity contribution in [3.63, 3.8) is 0 Å². The molecule has 3 nitrogen and oxygen atoms in total. The first-order chi connectivity index (χ1) is 5.27. The zero-order valence-corrected chi connectivity index (χ0v) is 6.87. The van der Waals surface area contributed by atoms with E-state index in [0.29, 0.717) is 0 Å². The van der Waals surface area contributed by atoms with E-state index in [1.54, 1.807) is 11.3 Å². The lowest BCUT2D eigenvalue weighted by atomic mass is 10.2. The van der Waals surface area contributed by atoms with Gasteiger partial charge < -0.3 is 10.6 Å². The van der Waals surface area contributed by atoms with Crippen molar-refractivity contribution in [1.82, 2.24) is 0 Å². The molecule has 0 radical (unpaired) electrons. The van der Waals surface area contributed by atoms with Crippen molar-refractivity contribution in [3.8, 4) is 0 Å². The van der Waals surface area contributed by atoms with E-state index in [9.17, 15) is 4.79 Å². The van der Waals surface area contributed by atoms with E-state index in [1.807, 2.05) is 17.7 Å². The van der Waals surface area contributed by atoms with Gasteiger partial charge in [0.05, 0.1) is 11.4 Å². The number of hydrogen-bond acceptors (Lipinski definition) is 3. The van der Waals surface area contributed by atoms with Crippen molar-refractivity contribution in [3.05, 3.63) is 10.8 Å². The second-order valence-corrected chi connectivity index (χ2v) is 3.30. The highest BCUT2D eigenvalue weighted by atomic mass is 32.1. The first kappa shape index (κ1) is 6.67. The molecule has 1 aromatic rings. The average molecular weight is 168 g/mol. The fraction of sp³-hybridized carbons (Fsp3) is 0.286. The van der Waals surface area contributed by atoms with Gasteiger partial charge in [-0.2, -0.15) is 0 Å². The van der Waals surface area contributed by atoms with Gasteiger partial charge in [-0.25, -0.2) is 0 Å². The predicted octanol–water partition coefficient (Wildman–Crippen LogP) is 1.50. The highest BCUT2D eigenvalue weighted by Crippen LogP contribution is 2.29. The zero-order chi connectivity index (χ0) is 7.84. The molecule has 0 aliphatic carbocycles. The van der Waals surface area contributed by atoms with Crippen LogP contribution in [0.1, 0.15) is 6.92 Å². The van der Waals surface area contributed by atoms with Gasteiger partial charge in [0.15, 0.2) is 0 Å². The Kier molecular flexibility index (Phi) is 1.35. The number of carbonyl (C=O) groups excluding carboxylic acids is 1. The molecule has 4 heteroatoms. The summed E-state index contributed by atoms with van der Waals surface area (Å²) in [5, 5.41) is 9.80. The van der Waals surface area contributed by atoms with E-state index in [1.165, 1.54) is 0 Å². The summed E-state index contributed by atoms with van der Waals surface area (Å²) < 4.78 is 0. The molecule has 0 aromatic carbocycles. The van der Waals surface area contributed by atoms with Crippen LogP contribution < -0.4 is 10.6 Å². The van der Waals surface area contributed by atoms with Crippen LogP contribution in [0.15, 0.2) is 10.8 Å². The number of anilines is 2. The maximum Gasteiger partial charge on any atom is 0.246 e. The number of nitrogens with one attached hydrogen (secondary N) is 2. The lowest BCUT2D eigenvalue weighted by molar-refractivity contribution is -0.116. The molecule has 1 aromatic heterocycles. The fourth-order valence-corrected chi connectivity index (χ4v) is 1.77. The third kappa shape index (κ3) is 0.991. The summed E-state index contributed by atoms with van der Waals surface area (Å²) in [5.74, 6) is 0.0379. The summed E-state index contributed by atoms with van der Waals surface area (Å²) in [7, 11) is 0. The molecule has 1 aliphatic heterocycles. The highest BCUT2D eigenvalue weighted by Gasteiger charge is 2.21. The molecule has 1 atom stereocenters. The topological polar surface area (TPSA) is 41.1 Å². The van der Waals surface area contributed by atoms with E-state index in [0.717, 1.165) is 11.4 Å². The van der Waals surface area contributed by atoms with Crippen LogP contribution in [0.3, 0.4) is 0 Å². The largest absolute Gasteiger partial charge is 0.372 e. The van der Waals surface area contributed by atoms with Gasteiger partial charge in [-0.3, -0.25) is 4.79 Å². The van der Waals surface area contributed by atoms with E-state index >= 15 is 0 Å². The van der Waals surface area contributed by atoms with Crippen LogP contribution in [-0.4, -0.2) is 11.9 Å². The third-order valence-corrected chi connectivity index (χ3v) is 2.43. The van der Waals surface area contributed by atoms with Gasteiger partial charge in [0, 0.05) is 10.8 Å². The van der Waals surface area contributed by atoms with Gasteiger partial charge in [-0.1, -0.05) is 0 Å². The fourth-order valence-electron chi connectivity index (χ4n) is 1.05. The number of carbonyl (C=O) groups is 1. The van der Waals surface area contributed by atoms with E-state index in [2.05, 4.69) is 10.6 Å². The van der Waals surface area contributed by atoms with Crippen LogP contribution in [0.4, 0.5) is 11.4 Å². The van der Waals surface area contributed by atoms with Gasteiger partial charge >= 0.3 is 0 Å². The molecule has 2 heterocycles. The summed E-state index contributed by atoms with van der Waals surface area (Å²) >= 11 is 1.58. The number of hydrogen-bond donors (Lipinski definition) is 2. The number of thiophene rings is 1. The van der Waals surface area contributed by atoms with Crippen LogP contribution >= 0.6 is 11.3 Å². The van der Waals surface area contributed by atoms with Crippen LogP contribution in [0.5, 0.6) is 0 Å². The molecular weight excluding hydrogens is 160 g/mol. The SMILES string of the molecule is CC1Nc2cscc2NC1=O. The molecule has 0 spiro atoms. The lowest BCUT2D eigenvalue weighted by Gasteiger charge is -2.20. The minimum Gasteiger partial charge on any atom is -0.372 e. The Balaban J connectivity index is 2.37. The van der Waals surface area contributed by atoms with Gasteiger partial charge in [0.25, 0.3) is 0 Å². The molecule has 0 saturated heterocycles. The summed E-state index contributed by atoms with van der Waals surface area (Å²) in [6, 6.07) is -0.114. The van der Waals surface area contributed by atoms with Crippen molar-refractivity contribution in [2.75, 3.05) is 10.6 Å². The number of fused-ring (bicyclic) bond motifs is 1. The Morgan fingerprint density at radius 2 is 2.18 bits per heavy atom. The van der Waals surface area contributed by atoms with Crippen LogP contribution in [0.25, 0.3) is 0 Å². The summed E-state index contributed by atoms with van der Waals surface area (Å²) in [6.07, 6.45) is 0. The molecule has 11 heavy (non-hydrogen) atoms. The van der Waals surface area contributed by atoms with Gasteiger partial charge in [-0.05, 0) is 6.92 Å². The molecule has 0 fully saturated rings. The van der Waals surface area contributed by atoms with Gasteiger partial charge in [0.2, 0.25) is 5.91 Å². The quantitative estimate of drug-likeness (QED) is 0.616. The van der Waals surface area contributed by atoms with Crippen LogP contribution in [0, 0.1) is 0 Å². The third-order valence-electron chi connectivity index (χ3n) is 1.69. The summed E-state index contributed by atoms with van der Waals surface area (Å²) in [5.41, 5.74) is 1.93. The first-order valence-corrected chi connectivity index (χ1v) is 4.35. The summed E-state index contributed by atoms with van der Waals surface area (Å²) in [4.78, 5) is 11.1. The van der Waals surface area contributed by atoms with Crippen molar-refractivity contribution in [2.24, 2.45) is 0 Å². The Bertz CT molecular complexity index is 294. The maximum atomic E-state index is 11.1. The number of amides is 1. The smallest absolute Gasteiger partial charge is 0.246 e. The van der Waals surface area contributed by atoms with Crippen LogP contribution in [-0.2, 0) is 4.79 Å². The molecule has 2 rings (SSSR count). The normalized spacial score (nSPS) is 21.9.